The molecule has 2 amide bonds. The zero-order valence-corrected chi connectivity index (χ0v) is 15.2. The standard InChI is InChI=1S/C17H31N3O4/c1-12(22)18-13-9-15(11-21)20(10-13)14-5-7-19(8-6-14)16(23)24-17(2,3)4/h13-15,21H,5-11H2,1-4H3,(H,18,22)/t13-,15+/m1/s1. The number of nitrogens with zero attached hydrogens (tertiary/aromatic N) is 2. The van der Waals surface area contributed by atoms with Crippen molar-refractivity contribution >= 4 is 12.0 Å². The first-order valence-electron chi connectivity index (χ1n) is 8.81. The minimum Gasteiger partial charge on any atom is -0.444 e. The molecule has 0 unspecified atom stereocenters. The Morgan fingerprint density at radius 1 is 1.25 bits per heavy atom. The summed E-state index contributed by atoms with van der Waals surface area (Å²) in [7, 11) is 0. The molecule has 2 saturated heterocycles. The third-order valence-corrected chi connectivity index (χ3v) is 4.66. The van der Waals surface area contributed by atoms with E-state index in [0.29, 0.717) is 19.1 Å². The van der Waals surface area contributed by atoms with Gasteiger partial charge in [-0.2, -0.15) is 0 Å². The molecule has 0 aromatic rings. The lowest BCUT2D eigenvalue weighted by Crippen LogP contribution is -2.50. The molecular weight excluding hydrogens is 310 g/mol. The van der Waals surface area contributed by atoms with Crippen LogP contribution in [0.5, 0.6) is 0 Å². The number of likely N-dealkylation sites (tertiary alicyclic amines) is 2. The van der Waals surface area contributed by atoms with E-state index >= 15 is 0 Å². The van der Waals surface area contributed by atoms with Gasteiger partial charge in [-0.3, -0.25) is 9.69 Å². The van der Waals surface area contributed by atoms with E-state index in [1.54, 1.807) is 4.90 Å². The molecule has 0 saturated carbocycles. The summed E-state index contributed by atoms with van der Waals surface area (Å²) in [6, 6.07) is 0.517. The molecule has 0 aliphatic carbocycles. The summed E-state index contributed by atoms with van der Waals surface area (Å²) in [5.74, 6) is -0.0294. The van der Waals surface area contributed by atoms with Gasteiger partial charge in [-0.15, -0.1) is 0 Å². The molecule has 2 aliphatic heterocycles. The van der Waals surface area contributed by atoms with Crippen molar-refractivity contribution < 1.29 is 19.4 Å². The molecule has 2 rings (SSSR count). The molecular formula is C17H31N3O4. The van der Waals surface area contributed by atoms with E-state index < -0.39 is 5.60 Å². The number of piperidine rings is 1. The molecule has 0 bridgehead atoms. The van der Waals surface area contributed by atoms with Gasteiger partial charge in [-0.25, -0.2) is 4.79 Å². The van der Waals surface area contributed by atoms with Crippen molar-refractivity contribution in [2.75, 3.05) is 26.2 Å². The Balaban J connectivity index is 1.87. The first kappa shape index (κ1) is 19.0. The lowest BCUT2D eigenvalue weighted by Gasteiger charge is -2.39. The van der Waals surface area contributed by atoms with Crippen LogP contribution in [0.1, 0.15) is 47.0 Å². The minimum absolute atomic E-state index is 0.0294. The highest BCUT2D eigenvalue weighted by molar-refractivity contribution is 5.73. The predicted molar refractivity (Wildman–Crippen MR) is 90.6 cm³/mol. The lowest BCUT2D eigenvalue weighted by molar-refractivity contribution is -0.119. The number of hydrogen-bond acceptors (Lipinski definition) is 5. The second-order valence-corrected chi connectivity index (χ2v) is 7.86. The zero-order valence-electron chi connectivity index (χ0n) is 15.2. The number of amides is 2. The second-order valence-electron chi connectivity index (χ2n) is 7.86. The summed E-state index contributed by atoms with van der Waals surface area (Å²) in [6.45, 7) is 9.33. The van der Waals surface area contributed by atoms with Gasteiger partial charge in [0.05, 0.1) is 6.61 Å². The molecule has 7 nitrogen and oxygen atoms in total. The maximum Gasteiger partial charge on any atom is 0.410 e. The molecule has 0 radical (unpaired) electrons. The van der Waals surface area contributed by atoms with Gasteiger partial charge in [-0.1, -0.05) is 0 Å². The topological polar surface area (TPSA) is 82.1 Å². The Bertz CT molecular complexity index is 455. The normalized spacial score (nSPS) is 26.5. The zero-order chi connectivity index (χ0) is 17.9. The predicted octanol–water partition coefficient (Wildman–Crippen LogP) is 0.957. The summed E-state index contributed by atoms with van der Waals surface area (Å²) in [5, 5.41) is 12.6. The maximum atomic E-state index is 12.1. The maximum absolute atomic E-state index is 12.1. The first-order chi connectivity index (χ1) is 11.2. The summed E-state index contributed by atoms with van der Waals surface area (Å²) < 4.78 is 5.43. The molecule has 0 aromatic carbocycles. The fourth-order valence-corrected chi connectivity index (χ4v) is 3.67. The fraction of sp³-hybridized carbons (Fsp3) is 0.882. The molecule has 2 fully saturated rings. The summed E-state index contributed by atoms with van der Waals surface area (Å²) in [4.78, 5) is 27.5. The van der Waals surface area contributed by atoms with Gasteiger partial charge in [-0.05, 0) is 40.0 Å². The fourth-order valence-electron chi connectivity index (χ4n) is 3.67. The molecule has 2 atom stereocenters. The van der Waals surface area contributed by atoms with Crippen LogP contribution in [-0.4, -0.2) is 76.9 Å². The Labute approximate surface area is 144 Å². The monoisotopic (exact) mass is 341 g/mol. The number of aliphatic hydroxyl groups is 1. The number of rotatable bonds is 3. The highest BCUT2D eigenvalue weighted by Gasteiger charge is 2.38. The Hall–Kier alpha value is -1.34. The molecule has 7 heteroatoms. The summed E-state index contributed by atoms with van der Waals surface area (Å²) in [6.07, 6.45) is 2.25. The molecule has 2 N–H and O–H groups in total. The Morgan fingerprint density at radius 3 is 2.38 bits per heavy atom. The SMILES string of the molecule is CC(=O)N[C@@H]1C[C@@H](CO)N(C2CCN(C(=O)OC(C)(C)C)CC2)C1. The van der Waals surface area contributed by atoms with Gasteiger partial charge in [0.1, 0.15) is 5.60 Å². The van der Waals surface area contributed by atoms with Crippen LogP contribution in [0.25, 0.3) is 0 Å². The number of carbonyl (C=O) groups is 2. The van der Waals surface area contributed by atoms with Crippen molar-refractivity contribution in [1.29, 1.82) is 0 Å². The average Bonchev–Trinajstić information content (AvgIpc) is 2.87. The largest absolute Gasteiger partial charge is 0.444 e. The van der Waals surface area contributed by atoms with Gasteiger partial charge >= 0.3 is 6.09 Å². The van der Waals surface area contributed by atoms with E-state index in [4.69, 9.17) is 4.74 Å². The minimum atomic E-state index is -0.476. The van der Waals surface area contributed by atoms with Crippen LogP contribution in [-0.2, 0) is 9.53 Å². The molecule has 0 spiro atoms. The molecule has 2 aliphatic rings. The molecule has 138 valence electrons. The van der Waals surface area contributed by atoms with E-state index in [1.165, 1.54) is 6.92 Å². The first-order valence-corrected chi connectivity index (χ1v) is 8.81. The van der Waals surface area contributed by atoms with Crippen LogP contribution in [0.3, 0.4) is 0 Å². The number of ether oxygens (including phenoxy) is 1. The van der Waals surface area contributed by atoms with E-state index in [1.807, 2.05) is 20.8 Å². The van der Waals surface area contributed by atoms with Crippen LogP contribution in [0, 0.1) is 0 Å². The van der Waals surface area contributed by atoms with Crippen LogP contribution in [0.2, 0.25) is 0 Å². The highest BCUT2D eigenvalue weighted by Crippen LogP contribution is 2.26. The van der Waals surface area contributed by atoms with Gasteiger partial charge in [0.25, 0.3) is 0 Å². The van der Waals surface area contributed by atoms with Gasteiger partial charge in [0.2, 0.25) is 5.91 Å². The number of carbonyl (C=O) groups excluding carboxylic acids is 2. The number of hydrogen-bond donors (Lipinski definition) is 2. The van der Waals surface area contributed by atoms with E-state index in [9.17, 15) is 14.7 Å². The quantitative estimate of drug-likeness (QED) is 0.799. The molecule has 0 aromatic heterocycles. The second kappa shape index (κ2) is 7.70. The van der Waals surface area contributed by atoms with Crippen molar-refractivity contribution in [3.05, 3.63) is 0 Å². The summed E-state index contributed by atoms with van der Waals surface area (Å²) in [5.41, 5.74) is -0.476. The van der Waals surface area contributed by atoms with Crippen molar-refractivity contribution in [2.45, 2.75) is 70.7 Å². The Morgan fingerprint density at radius 2 is 1.88 bits per heavy atom. The van der Waals surface area contributed by atoms with Gasteiger partial charge in [0.15, 0.2) is 0 Å². The van der Waals surface area contributed by atoms with Gasteiger partial charge < -0.3 is 20.1 Å². The van der Waals surface area contributed by atoms with E-state index in [2.05, 4.69) is 10.2 Å². The highest BCUT2D eigenvalue weighted by atomic mass is 16.6. The van der Waals surface area contributed by atoms with Crippen molar-refractivity contribution in [2.24, 2.45) is 0 Å². The van der Waals surface area contributed by atoms with Crippen LogP contribution < -0.4 is 5.32 Å². The number of nitrogens with one attached hydrogen (secondary N) is 1. The smallest absolute Gasteiger partial charge is 0.410 e. The summed E-state index contributed by atoms with van der Waals surface area (Å²) >= 11 is 0. The van der Waals surface area contributed by atoms with E-state index in [0.717, 1.165) is 25.8 Å². The van der Waals surface area contributed by atoms with Gasteiger partial charge in [0, 0.05) is 44.7 Å². The lowest BCUT2D eigenvalue weighted by atomic mass is 10.0. The van der Waals surface area contributed by atoms with Crippen LogP contribution >= 0.6 is 0 Å². The van der Waals surface area contributed by atoms with E-state index in [-0.39, 0.29) is 30.7 Å². The average molecular weight is 341 g/mol. The Kier molecular flexibility index (Phi) is 6.09. The van der Waals surface area contributed by atoms with Crippen molar-refractivity contribution in [3.8, 4) is 0 Å². The third kappa shape index (κ3) is 5.08. The number of aliphatic hydroxyl groups excluding tert-OH is 1. The van der Waals surface area contributed by atoms with Crippen molar-refractivity contribution in [1.82, 2.24) is 15.1 Å². The van der Waals surface area contributed by atoms with Crippen molar-refractivity contribution in [3.63, 3.8) is 0 Å². The third-order valence-electron chi connectivity index (χ3n) is 4.66. The molecule has 2 heterocycles. The van der Waals surface area contributed by atoms with Crippen LogP contribution in [0.4, 0.5) is 4.79 Å². The molecule has 24 heavy (non-hydrogen) atoms. The van der Waals surface area contributed by atoms with Crippen LogP contribution in [0.15, 0.2) is 0 Å².